The normalized spacial score (nSPS) is 14.9. The molecule has 1 aromatic heterocycles. The summed E-state index contributed by atoms with van der Waals surface area (Å²) >= 11 is 0. The van der Waals surface area contributed by atoms with Crippen molar-refractivity contribution in [3.63, 3.8) is 0 Å². The van der Waals surface area contributed by atoms with Crippen LogP contribution in [-0.4, -0.2) is 39.0 Å². The molecule has 0 radical (unpaired) electrons. The monoisotopic (exact) mass is 412 g/mol. The molecule has 1 amide bonds. The molecule has 0 unspecified atom stereocenters. The van der Waals surface area contributed by atoms with Gasteiger partial charge in [-0.15, -0.1) is 0 Å². The zero-order valence-corrected chi connectivity index (χ0v) is 14.8. The number of carbonyl (C=O) groups excluding carboxylic acids is 1. The number of anilines is 1. The van der Waals surface area contributed by atoms with Gasteiger partial charge in [0.2, 0.25) is 5.95 Å². The second-order valence-electron chi connectivity index (χ2n) is 6.22. The van der Waals surface area contributed by atoms with Crippen LogP contribution in [-0.2, 0) is 6.18 Å². The number of hydrogen-bond donors (Lipinski definition) is 3. The summed E-state index contributed by atoms with van der Waals surface area (Å²) in [6, 6.07) is 2.53. The number of amides is 1. The molecule has 0 aliphatic carbocycles. The number of nitrogens with two attached hydrogens (primary N) is 2. The summed E-state index contributed by atoms with van der Waals surface area (Å²) in [5.74, 6) is 3.28. The second kappa shape index (κ2) is 7.54. The van der Waals surface area contributed by atoms with Crippen molar-refractivity contribution in [2.24, 2.45) is 11.6 Å². The highest BCUT2D eigenvalue weighted by Gasteiger charge is 2.36. The lowest BCUT2D eigenvalue weighted by Gasteiger charge is -2.32. The number of nitrogens with zero attached hydrogens (tertiary/aromatic N) is 4. The van der Waals surface area contributed by atoms with Gasteiger partial charge in [0.15, 0.2) is 5.75 Å². The van der Waals surface area contributed by atoms with Crippen molar-refractivity contribution in [3.8, 4) is 5.75 Å². The first kappa shape index (κ1) is 20.3. The lowest BCUT2D eigenvalue weighted by Crippen LogP contribution is -2.44. The van der Waals surface area contributed by atoms with Gasteiger partial charge in [-0.3, -0.25) is 4.79 Å². The molecule has 12 heteroatoms. The fourth-order valence-corrected chi connectivity index (χ4v) is 2.87. The van der Waals surface area contributed by atoms with Gasteiger partial charge in [0.1, 0.15) is 5.82 Å². The van der Waals surface area contributed by atoms with Crippen molar-refractivity contribution in [1.82, 2.24) is 14.9 Å². The Morgan fingerprint density at radius 2 is 1.90 bits per heavy atom. The minimum atomic E-state index is -4.92. The first-order valence-corrected chi connectivity index (χ1v) is 8.28. The molecule has 0 saturated heterocycles. The molecular weight excluding hydrogens is 396 g/mol. The standard InChI is InChI=1S/C17H16F4N6O2/c18-14-10(2-1-3-11(14)17(19,20)21)15(29)26-5-4-13(12(22)8-26)27(23)16-24-6-9(28)7-25-16/h1-3,6-7,28H,4-5,8,22-23H2. The van der Waals surface area contributed by atoms with E-state index in [2.05, 4.69) is 9.97 Å². The Labute approximate surface area is 162 Å². The van der Waals surface area contributed by atoms with Crippen LogP contribution < -0.4 is 16.6 Å². The first-order chi connectivity index (χ1) is 13.6. The number of benzene rings is 1. The van der Waals surface area contributed by atoms with Crippen molar-refractivity contribution in [2.75, 3.05) is 18.1 Å². The van der Waals surface area contributed by atoms with Gasteiger partial charge in [0.25, 0.3) is 5.91 Å². The van der Waals surface area contributed by atoms with Gasteiger partial charge in [-0.25, -0.2) is 25.2 Å². The Hall–Kier alpha value is -3.41. The van der Waals surface area contributed by atoms with Crippen molar-refractivity contribution in [2.45, 2.75) is 12.6 Å². The van der Waals surface area contributed by atoms with E-state index in [1.807, 2.05) is 0 Å². The summed E-state index contributed by atoms with van der Waals surface area (Å²) in [7, 11) is 0. The molecule has 0 fully saturated rings. The zero-order valence-electron chi connectivity index (χ0n) is 14.8. The van der Waals surface area contributed by atoms with Crippen molar-refractivity contribution >= 4 is 11.9 Å². The van der Waals surface area contributed by atoms with Gasteiger partial charge in [0, 0.05) is 18.7 Å². The Morgan fingerprint density at radius 3 is 2.48 bits per heavy atom. The Morgan fingerprint density at radius 1 is 1.24 bits per heavy atom. The minimum Gasteiger partial charge on any atom is -0.505 e. The van der Waals surface area contributed by atoms with E-state index >= 15 is 0 Å². The topological polar surface area (TPSA) is 122 Å². The van der Waals surface area contributed by atoms with Gasteiger partial charge in [0.05, 0.1) is 35.8 Å². The first-order valence-electron chi connectivity index (χ1n) is 8.28. The molecule has 1 aromatic carbocycles. The molecule has 0 spiro atoms. The number of halogens is 4. The van der Waals surface area contributed by atoms with E-state index in [-0.39, 0.29) is 36.9 Å². The highest BCUT2D eigenvalue weighted by molar-refractivity contribution is 5.95. The third kappa shape index (κ3) is 4.06. The third-order valence-electron chi connectivity index (χ3n) is 4.30. The molecule has 0 atom stereocenters. The van der Waals surface area contributed by atoms with Crippen LogP contribution in [0.2, 0.25) is 0 Å². The average molecular weight is 412 g/mol. The number of aromatic hydroxyl groups is 1. The molecule has 29 heavy (non-hydrogen) atoms. The van der Waals surface area contributed by atoms with Gasteiger partial charge in [-0.05, 0) is 12.1 Å². The number of hydrogen-bond acceptors (Lipinski definition) is 7. The molecule has 2 aromatic rings. The summed E-state index contributed by atoms with van der Waals surface area (Å²) < 4.78 is 52.9. The van der Waals surface area contributed by atoms with E-state index in [1.165, 1.54) is 0 Å². The van der Waals surface area contributed by atoms with Crippen LogP contribution in [0.3, 0.4) is 0 Å². The number of rotatable bonds is 3. The maximum atomic E-state index is 14.3. The fraction of sp³-hybridized carbons (Fsp3) is 0.235. The summed E-state index contributed by atoms with van der Waals surface area (Å²) in [6.45, 7) is -0.133. The number of aromatic nitrogens is 2. The van der Waals surface area contributed by atoms with Crippen LogP contribution in [0.1, 0.15) is 22.3 Å². The lowest BCUT2D eigenvalue weighted by molar-refractivity contribution is -0.140. The smallest absolute Gasteiger partial charge is 0.419 e. The summed E-state index contributed by atoms with van der Waals surface area (Å²) in [5, 5.41) is 10.3. The van der Waals surface area contributed by atoms with E-state index in [9.17, 15) is 27.5 Å². The molecule has 1 aliphatic heterocycles. The molecule has 3 rings (SSSR count). The van der Waals surface area contributed by atoms with Gasteiger partial charge in [-0.1, -0.05) is 6.07 Å². The fourth-order valence-electron chi connectivity index (χ4n) is 2.87. The van der Waals surface area contributed by atoms with Crippen LogP contribution in [0.25, 0.3) is 0 Å². The quantitative estimate of drug-likeness (QED) is 0.399. The van der Waals surface area contributed by atoms with E-state index in [0.717, 1.165) is 34.4 Å². The average Bonchev–Trinajstić information content (AvgIpc) is 2.66. The highest BCUT2D eigenvalue weighted by atomic mass is 19.4. The zero-order chi connectivity index (χ0) is 21.3. The van der Waals surface area contributed by atoms with Crippen LogP contribution in [0.15, 0.2) is 42.0 Å². The predicted octanol–water partition coefficient (Wildman–Crippen LogP) is 1.74. The van der Waals surface area contributed by atoms with E-state index < -0.39 is 29.0 Å². The van der Waals surface area contributed by atoms with Crippen LogP contribution >= 0.6 is 0 Å². The Balaban J connectivity index is 1.82. The lowest BCUT2D eigenvalue weighted by atomic mass is 10.1. The maximum absolute atomic E-state index is 14.3. The summed E-state index contributed by atoms with van der Waals surface area (Å²) in [5.41, 5.74) is 4.31. The molecule has 2 heterocycles. The van der Waals surface area contributed by atoms with Crippen LogP contribution in [0, 0.1) is 5.82 Å². The summed E-state index contributed by atoms with van der Waals surface area (Å²) in [6.07, 6.45) is -2.51. The second-order valence-corrected chi connectivity index (χ2v) is 6.22. The summed E-state index contributed by atoms with van der Waals surface area (Å²) in [4.78, 5) is 21.4. The van der Waals surface area contributed by atoms with Crippen molar-refractivity contribution in [1.29, 1.82) is 0 Å². The minimum absolute atomic E-state index is 0.0380. The maximum Gasteiger partial charge on any atom is 0.419 e. The van der Waals surface area contributed by atoms with Gasteiger partial charge in [-0.2, -0.15) is 13.2 Å². The highest BCUT2D eigenvalue weighted by Crippen LogP contribution is 2.33. The molecular formula is C17H16F4N6O2. The molecule has 154 valence electrons. The molecule has 0 bridgehead atoms. The van der Waals surface area contributed by atoms with E-state index in [1.54, 1.807) is 0 Å². The number of alkyl halides is 3. The third-order valence-corrected chi connectivity index (χ3v) is 4.30. The molecule has 5 N–H and O–H groups in total. The Bertz CT molecular complexity index is 961. The molecule has 8 nitrogen and oxygen atoms in total. The SMILES string of the molecule is NC1=C(N(N)c2ncc(O)cn2)CCN(C(=O)c2cccc(C(F)(F)F)c2F)C1. The van der Waals surface area contributed by atoms with Crippen molar-refractivity contribution in [3.05, 3.63) is 58.9 Å². The van der Waals surface area contributed by atoms with Gasteiger partial charge < -0.3 is 15.7 Å². The Kier molecular flexibility index (Phi) is 5.29. The number of hydrazine groups is 1. The predicted molar refractivity (Wildman–Crippen MR) is 93.5 cm³/mol. The van der Waals surface area contributed by atoms with Crippen LogP contribution in [0.5, 0.6) is 5.75 Å². The van der Waals surface area contributed by atoms with Crippen molar-refractivity contribution < 1.29 is 27.5 Å². The van der Waals surface area contributed by atoms with Gasteiger partial charge >= 0.3 is 6.18 Å². The molecule has 1 aliphatic rings. The molecule has 0 saturated carbocycles. The van der Waals surface area contributed by atoms with Crippen LogP contribution in [0.4, 0.5) is 23.5 Å². The van der Waals surface area contributed by atoms with E-state index in [0.29, 0.717) is 11.8 Å². The van der Waals surface area contributed by atoms with E-state index in [4.69, 9.17) is 11.6 Å². The largest absolute Gasteiger partial charge is 0.505 e. The number of carbonyl (C=O) groups is 1.